The molecule has 0 aromatic carbocycles. The average molecular weight is 141 g/mol. The van der Waals surface area contributed by atoms with Crippen LogP contribution in [0.25, 0.3) is 0 Å². The summed E-state index contributed by atoms with van der Waals surface area (Å²) in [5.41, 5.74) is 0. The molecule has 10 heavy (non-hydrogen) atoms. The van der Waals surface area contributed by atoms with Gasteiger partial charge in [0.1, 0.15) is 0 Å². The topological polar surface area (TPSA) is 23.5 Å². The van der Waals surface area contributed by atoms with Crippen LogP contribution in [0.4, 0.5) is 0 Å². The summed E-state index contributed by atoms with van der Waals surface area (Å²) in [7, 11) is 0. The molecule has 0 spiro atoms. The summed E-state index contributed by atoms with van der Waals surface area (Å²) < 4.78 is 0. The summed E-state index contributed by atoms with van der Waals surface area (Å²) >= 11 is 0. The molecule has 0 bridgehead atoms. The van der Waals surface area contributed by atoms with Gasteiger partial charge in [0.25, 0.3) is 0 Å². The summed E-state index contributed by atoms with van der Waals surface area (Å²) in [6, 6.07) is 1.34. The predicted octanol–water partition coefficient (Wildman–Crippen LogP) is 0.605. The molecule has 0 aromatic heterocycles. The zero-order valence-electron chi connectivity index (χ0n) is 6.29. The van der Waals surface area contributed by atoms with Gasteiger partial charge in [0.05, 0.1) is 6.61 Å². The van der Waals surface area contributed by atoms with E-state index in [-0.39, 0.29) is 0 Å². The number of fused-ring (bicyclic) bond motifs is 1. The summed E-state index contributed by atoms with van der Waals surface area (Å²) in [4.78, 5) is 2.49. The van der Waals surface area contributed by atoms with Crippen molar-refractivity contribution in [3.63, 3.8) is 0 Å². The van der Waals surface area contributed by atoms with Gasteiger partial charge in [0, 0.05) is 12.1 Å². The lowest BCUT2D eigenvalue weighted by atomic mass is 10.1. The molecule has 2 saturated heterocycles. The van der Waals surface area contributed by atoms with E-state index in [4.69, 9.17) is 5.11 Å². The lowest BCUT2D eigenvalue weighted by Crippen LogP contribution is -2.33. The summed E-state index contributed by atoms with van der Waals surface area (Å²) in [6.45, 7) is 1.60. The number of hydrogen-bond donors (Lipinski definition) is 1. The standard InChI is InChI=1S/C8H15NO/c10-6-8-4-3-7-2-1-5-9(7)8/h7-8,10H,1-6H2. The number of nitrogens with zero attached hydrogens (tertiary/aromatic N) is 1. The summed E-state index contributed by atoms with van der Waals surface area (Å²) in [5, 5.41) is 8.97. The Hall–Kier alpha value is -0.0800. The molecule has 2 atom stereocenters. The maximum Gasteiger partial charge on any atom is 0.0586 e. The van der Waals surface area contributed by atoms with Crippen molar-refractivity contribution in [1.82, 2.24) is 4.90 Å². The third-order valence-corrected chi connectivity index (χ3v) is 2.94. The van der Waals surface area contributed by atoms with Gasteiger partial charge in [-0.05, 0) is 32.2 Å². The van der Waals surface area contributed by atoms with Crippen molar-refractivity contribution in [2.45, 2.75) is 37.8 Å². The van der Waals surface area contributed by atoms with Gasteiger partial charge in [-0.25, -0.2) is 0 Å². The molecule has 2 aliphatic rings. The zero-order valence-corrected chi connectivity index (χ0v) is 6.29. The van der Waals surface area contributed by atoms with Gasteiger partial charge in [-0.2, -0.15) is 0 Å². The predicted molar refractivity (Wildman–Crippen MR) is 39.8 cm³/mol. The van der Waals surface area contributed by atoms with E-state index in [0.29, 0.717) is 12.6 Å². The number of aliphatic hydroxyl groups is 1. The second-order valence-corrected chi connectivity index (χ2v) is 3.45. The number of aliphatic hydroxyl groups excluding tert-OH is 1. The monoisotopic (exact) mass is 141 g/mol. The highest BCUT2D eigenvalue weighted by molar-refractivity contribution is 4.91. The first-order valence-electron chi connectivity index (χ1n) is 4.28. The highest BCUT2D eigenvalue weighted by Crippen LogP contribution is 2.31. The van der Waals surface area contributed by atoms with E-state index in [2.05, 4.69) is 4.90 Å². The van der Waals surface area contributed by atoms with Gasteiger partial charge in [-0.1, -0.05) is 0 Å². The Kier molecular flexibility index (Phi) is 1.66. The number of hydrogen-bond acceptors (Lipinski definition) is 2. The fraction of sp³-hybridized carbons (Fsp3) is 1.00. The molecule has 0 aliphatic carbocycles. The molecular formula is C8H15NO. The molecule has 0 radical (unpaired) electrons. The first-order chi connectivity index (χ1) is 4.92. The van der Waals surface area contributed by atoms with E-state index in [0.717, 1.165) is 6.04 Å². The Labute approximate surface area is 61.8 Å². The fourth-order valence-electron chi connectivity index (χ4n) is 2.40. The highest BCUT2D eigenvalue weighted by Gasteiger charge is 2.35. The Morgan fingerprint density at radius 3 is 3.00 bits per heavy atom. The van der Waals surface area contributed by atoms with Crippen LogP contribution in [0.15, 0.2) is 0 Å². The van der Waals surface area contributed by atoms with Gasteiger partial charge in [0.15, 0.2) is 0 Å². The fourth-order valence-corrected chi connectivity index (χ4v) is 2.40. The van der Waals surface area contributed by atoms with Gasteiger partial charge in [0.2, 0.25) is 0 Å². The van der Waals surface area contributed by atoms with Gasteiger partial charge >= 0.3 is 0 Å². The maximum absolute atomic E-state index is 8.97. The smallest absolute Gasteiger partial charge is 0.0586 e. The van der Waals surface area contributed by atoms with E-state index >= 15 is 0 Å². The Morgan fingerprint density at radius 1 is 1.30 bits per heavy atom. The van der Waals surface area contributed by atoms with E-state index in [1.165, 1.54) is 32.2 Å². The Bertz CT molecular complexity index is 126. The normalized spacial score (nSPS) is 40.5. The minimum Gasteiger partial charge on any atom is -0.395 e. The summed E-state index contributed by atoms with van der Waals surface area (Å²) in [5.74, 6) is 0. The van der Waals surface area contributed by atoms with E-state index in [9.17, 15) is 0 Å². The van der Waals surface area contributed by atoms with Crippen LogP contribution in [0.3, 0.4) is 0 Å². The average Bonchev–Trinajstić information content (AvgIpc) is 2.44. The van der Waals surface area contributed by atoms with E-state index < -0.39 is 0 Å². The maximum atomic E-state index is 8.97. The van der Waals surface area contributed by atoms with Crippen LogP contribution in [0, 0.1) is 0 Å². The summed E-state index contributed by atoms with van der Waals surface area (Å²) in [6.07, 6.45) is 5.27. The molecule has 2 rings (SSSR count). The minimum absolute atomic E-state index is 0.372. The second-order valence-electron chi connectivity index (χ2n) is 3.45. The van der Waals surface area contributed by atoms with Crippen molar-refractivity contribution >= 4 is 0 Å². The molecule has 2 heteroatoms. The third-order valence-electron chi connectivity index (χ3n) is 2.94. The van der Waals surface area contributed by atoms with Gasteiger partial charge < -0.3 is 5.11 Å². The highest BCUT2D eigenvalue weighted by atomic mass is 16.3. The lowest BCUT2D eigenvalue weighted by Gasteiger charge is -2.21. The van der Waals surface area contributed by atoms with Crippen LogP contribution in [-0.4, -0.2) is 35.2 Å². The Balaban J connectivity index is 2.01. The second kappa shape index (κ2) is 2.51. The molecule has 2 fully saturated rings. The molecule has 58 valence electrons. The van der Waals surface area contributed by atoms with Crippen LogP contribution in [0.5, 0.6) is 0 Å². The van der Waals surface area contributed by atoms with Crippen molar-refractivity contribution in [2.75, 3.05) is 13.2 Å². The van der Waals surface area contributed by atoms with Gasteiger partial charge in [-0.3, -0.25) is 4.90 Å². The van der Waals surface area contributed by atoms with Crippen LogP contribution in [0.1, 0.15) is 25.7 Å². The van der Waals surface area contributed by atoms with Gasteiger partial charge in [-0.15, -0.1) is 0 Å². The lowest BCUT2D eigenvalue weighted by molar-refractivity contribution is 0.155. The molecule has 2 unspecified atom stereocenters. The minimum atomic E-state index is 0.372. The van der Waals surface area contributed by atoms with Crippen molar-refractivity contribution in [3.8, 4) is 0 Å². The van der Waals surface area contributed by atoms with Crippen LogP contribution in [0.2, 0.25) is 0 Å². The Morgan fingerprint density at radius 2 is 2.20 bits per heavy atom. The molecule has 2 nitrogen and oxygen atoms in total. The zero-order chi connectivity index (χ0) is 6.97. The quantitative estimate of drug-likeness (QED) is 0.578. The molecule has 0 saturated carbocycles. The third kappa shape index (κ3) is 0.867. The first-order valence-corrected chi connectivity index (χ1v) is 4.28. The van der Waals surface area contributed by atoms with Crippen molar-refractivity contribution in [2.24, 2.45) is 0 Å². The molecule has 2 heterocycles. The van der Waals surface area contributed by atoms with Crippen molar-refractivity contribution in [1.29, 1.82) is 0 Å². The van der Waals surface area contributed by atoms with Crippen LogP contribution in [-0.2, 0) is 0 Å². The number of rotatable bonds is 1. The molecule has 1 N–H and O–H groups in total. The SMILES string of the molecule is OCC1CCC2CCCN12. The van der Waals surface area contributed by atoms with E-state index in [1.54, 1.807) is 0 Å². The molecule has 0 aromatic rings. The molecular weight excluding hydrogens is 126 g/mol. The van der Waals surface area contributed by atoms with Crippen molar-refractivity contribution < 1.29 is 5.11 Å². The van der Waals surface area contributed by atoms with Crippen LogP contribution < -0.4 is 0 Å². The molecule has 2 aliphatic heterocycles. The van der Waals surface area contributed by atoms with E-state index in [1.807, 2.05) is 0 Å². The largest absolute Gasteiger partial charge is 0.395 e. The van der Waals surface area contributed by atoms with Crippen LogP contribution >= 0.6 is 0 Å². The van der Waals surface area contributed by atoms with Crippen molar-refractivity contribution in [3.05, 3.63) is 0 Å². The molecule has 0 amide bonds. The first kappa shape index (κ1) is 6.62.